The number of Topliss-reactive ketones (excluding diaryl/α,β-unsaturated/α-hetero) is 1. The summed E-state index contributed by atoms with van der Waals surface area (Å²) in [6.07, 6.45) is 0. The third-order valence-corrected chi connectivity index (χ3v) is 6.38. The predicted octanol–water partition coefficient (Wildman–Crippen LogP) is 6.91. The first-order valence-corrected chi connectivity index (χ1v) is 12.4. The number of halogens is 1. The summed E-state index contributed by atoms with van der Waals surface area (Å²) in [7, 11) is 0. The van der Waals surface area contributed by atoms with E-state index in [9.17, 15) is 9.59 Å². The summed E-state index contributed by atoms with van der Waals surface area (Å²) >= 11 is 6.25. The Morgan fingerprint density at radius 2 is 1.47 bits per heavy atom. The van der Waals surface area contributed by atoms with Gasteiger partial charge in [-0.15, -0.1) is 5.10 Å². The highest BCUT2D eigenvalue weighted by Gasteiger charge is 2.22. The Morgan fingerprint density at radius 1 is 0.816 bits per heavy atom. The number of esters is 1. The molecule has 0 amide bonds. The van der Waals surface area contributed by atoms with Crippen LogP contribution in [-0.4, -0.2) is 33.1 Å². The average Bonchev–Trinajstić information content (AvgIpc) is 3.39. The van der Waals surface area contributed by atoms with Gasteiger partial charge in [-0.2, -0.15) is 0 Å². The molecule has 5 aromatic rings. The number of carbonyl (C=O) groups is 2. The van der Waals surface area contributed by atoms with Gasteiger partial charge in [0.1, 0.15) is 0 Å². The standard InChI is InChI=1S/C31H24ClN3O3/c1-20-8-11-25(12-9-20)30-33-29(34-35(30)27-18-26(32)17-10-21(27)2)31(37)38-19-28(36)24-15-13-23(14-16-24)22-6-4-3-5-7-22/h3-18H,19H2,1-2H3. The second kappa shape index (κ2) is 10.8. The van der Waals surface area contributed by atoms with Gasteiger partial charge in [0.2, 0.25) is 0 Å². The second-order valence-electron chi connectivity index (χ2n) is 8.91. The Balaban J connectivity index is 1.37. The molecule has 1 aromatic heterocycles. The largest absolute Gasteiger partial charge is 0.451 e. The predicted molar refractivity (Wildman–Crippen MR) is 148 cm³/mol. The molecule has 0 saturated heterocycles. The van der Waals surface area contributed by atoms with Crippen molar-refractivity contribution >= 4 is 23.4 Å². The van der Waals surface area contributed by atoms with Gasteiger partial charge in [0.25, 0.3) is 5.82 Å². The van der Waals surface area contributed by atoms with Crippen molar-refractivity contribution in [2.45, 2.75) is 13.8 Å². The minimum atomic E-state index is -0.786. The topological polar surface area (TPSA) is 74.1 Å². The van der Waals surface area contributed by atoms with Crippen molar-refractivity contribution in [3.8, 4) is 28.2 Å². The summed E-state index contributed by atoms with van der Waals surface area (Å²) < 4.78 is 6.90. The van der Waals surface area contributed by atoms with E-state index in [1.165, 1.54) is 0 Å². The van der Waals surface area contributed by atoms with E-state index in [2.05, 4.69) is 10.1 Å². The molecule has 7 heteroatoms. The minimum Gasteiger partial charge on any atom is -0.451 e. The van der Waals surface area contributed by atoms with Crippen LogP contribution >= 0.6 is 11.6 Å². The first-order valence-electron chi connectivity index (χ1n) is 12.1. The van der Waals surface area contributed by atoms with E-state index < -0.39 is 12.6 Å². The SMILES string of the molecule is Cc1ccc(-c2nc(C(=O)OCC(=O)c3ccc(-c4ccccc4)cc3)nn2-c2cc(Cl)ccc2C)cc1. The summed E-state index contributed by atoms with van der Waals surface area (Å²) in [5.41, 5.74) is 5.96. The average molecular weight is 522 g/mol. The Kier molecular flexibility index (Phi) is 7.15. The lowest BCUT2D eigenvalue weighted by atomic mass is 10.0. The second-order valence-corrected chi connectivity index (χ2v) is 9.35. The maximum Gasteiger partial charge on any atom is 0.378 e. The van der Waals surface area contributed by atoms with Crippen molar-refractivity contribution in [3.05, 3.63) is 125 Å². The van der Waals surface area contributed by atoms with Crippen LogP contribution in [0.25, 0.3) is 28.2 Å². The summed E-state index contributed by atoms with van der Waals surface area (Å²) in [6, 6.07) is 30.2. The van der Waals surface area contributed by atoms with Crippen LogP contribution in [0.2, 0.25) is 5.02 Å². The van der Waals surface area contributed by atoms with E-state index in [1.54, 1.807) is 28.9 Å². The third kappa shape index (κ3) is 5.41. The summed E-state index contributed by atoms with van der Waals surface area (Å²) in [5, 5.41) is 4.97. The van der Waals surface area contributed by atoms with Gasteiger partial charge in [-0.05, 0) is 42.7 Å². The number of aryl methyl sites for hydroxylation is 2. The number of benzene rings is 4. The fourth-order valence-electron chi connectivity index (χ4n) is 4.02. The number of carbonyl (C=O) groups excluding carboxylic acids is 2. The Hall–Kier alpha value is -4.55. The number of nitrogens with zero attached hydrogens (tertiary/aromatic N) is 3. The molecule has 188 valence electrons. The number of ether oxygens (including phenoxy) is 1. The lowest BCUT2D eigenvalue weighted by molar-refractivity contribution is 0.0462. The highest BCUT2D eigenvalue weighted by atomic mass is 35.5. The van der Waals surface area contributed by atoms with Crippen LogP contribution in [0.5, 0.6) is 0 Å². The molecule has 5 rings (SSSR count). The molecular weight excluding hydrogens is 498 g/mol. The van der Waals surface area contributed by atoms with E-state index >= 15 is 0 Å². The zero-order valence-electron chi connectivity index (χ0n) is 20.9. The lowest BCUT2D eigenvalue weighted by Gasteiger charge is -2.09. The fourth-order valence-corrected chi connectivity index (χ4v) is 4.19. The van der Waals surface area contributed by atoms with E-state index in [0.717, 1.165) is 27.8 Å². The van der Waals surface area contributed by atoms with E-state index in [-0.39, 0.29) is 11.6 Å². The molecule has 0 fully saturated rings. The van der Waals surface area contributed by atoms with Gasteiger partial charge in [0.15, 0.2) is 18.2 Å². The molecule has 0 spiro atoms. The number of ketones is 1. The highest BCUT2D eigenvalue weighted by molar-refractivity contribution is 6.30. The van der Waals surface area contributed by atoms with E-state index in [0.29, 0.717) is 22.1 Å². The monoisotopic (exact) mass is 521 g/mol. The molecule has 0 radical (unpaired) electrons. The lowest BCUT2D eigenvalue weighted by Crippen LogP contribution is -2.15. The number of hydrogen-bond acceptors (Lipinski definition) is 5. The van der Waals surface area contributed by atoms with Crippen molar-refractivity contribution in [2.75, 3.05) is 6.61 Å². The number of aromatic nitrogens is 3. The smallest absolute Gasteiger partial charge is 0.378 e. The first-order chi connectivity index (χ1) is 18.4. The van der Waals surface area contributed by atoms with Gasteiger partial charge in [0, 0.05) is 16.1 Å². The molecular formula is C31H24ClN3O3. The van der Waals surface area contributed by atoms with Crippen LogP contribution < -0.4 is 0 Å². The van der Waals surface area contributed by atoms with E-state index in [1.807, 2.05) is 86.6 Å². The number of hydrogen-bond donors (Lipinski definition) is 0. The molecule has 0 aliphatic rings. The molecule has 0 saturated carbocycles. The molecule has 0 aliphatic carbocycles. The summed E-state index contributed by atoms with van der Waals surface area (Å²) in [6.45, 7) is 3.49. The molecule has 6 nitrogen and oxygen atoms in total. The van der Waals surface area contributed by atoms with Crippen LogP contribution in [0.3, 0.4) is 0 Å². The van der Waals surface area contributed by atoms with Gasteiger partial charge in [-0.3, -0.25) is 4.79 Å². The van der Waals surface area contributed by atoms with Crippen molar-refractivity contribution in [1.29, 1.82) is 0 Å². The molecule has 0 aliphatic heterocycles. The molecule has 38 heavy (non-hydrogen) atoms. The van der Waals surface area contributed by atoms with Crippen LogP contribution in [0.15, 0.2) is 97.1 Å². The maximum atomic E-state index is 12.9. The number of rotatable bonds is 7. The highest BCUT2D eigenvalue weighted by Crippen LogP contribution is 2.26. The van der Waals surface area contributed by atoms with Crippen molar-refractivity contribution in [1.82, 2.24) is 14.8 Å². The molecule has 0 bridgehead atoms. The van der Waals surface area contributed by atoms with Crippen molar-refractivity contribution in [3.63, 3.8) is 0 Å². The van der Waals surface area contributed by atoms with Crippen LogP contribution in [0, 0.1) is 13.8 Å². The van der Waals surface area contributed by atoms with E-state index in [4.69, 9.17) is 16.3 Å². The molecule has 4 aromatic carbocycles. The molecule has 0 unspecified atom stereocenters. The fraction of sp³-hybridized carbons (Fsp3) is 0.0968. The van der Waals surface area contributed by atoms with Crippen molar-refractivity contribution in [2.24, 2.45) is 0 Å². The summed E-state index contributed by atoms with van der Waals surface area (Å²) in [4.78, 5) is 30.1. The van der Waals surface area contributed by atoms with Crippen molar-refractivity contribution < 1.29 is 14.3 Å². The van der Waals surface area contributed by atoms with Gasteiger partial charge in [-0.1, -0.05) is 102 Å². The molecule has 0 N–H and O–H groups in total. The van der Waals surface area contributed by atoms with Gasteiger partial charge >= 0.3 is 5.97 Å². The zero-order chi connectivity index (χ0) is 26.6. The van der Waals surface area contributed by atoms with Crippen LogP contribution in [-0.2, 0) is 4.74 Å². The van der Waals surface area contributed by atoms with Crippen LogP contribution in [0.1, 0.15) is 32.1 Å². The van der Waals surface area contributed by atoms with Gasteiger partial charge in [-0.25, -0.2) is 14.5 Å². The quantitative estimate of drug-likeness (QED) is 0.172. The Morgan fingerprint density at radius 3 is 2.18 bits per heavy atom. The zero-order valence-corrected chi connectivity index (χ0v) is 21.6. The first kappa shape index (κ1) is 25.1. The third-order valence-electron chi connectivity index (χ3n) is 6.15. The van der Waals surface area contributed by atoms with Gasteiger partial charge < -0.3 is 4.74 Å². The van der Waals surface area contributed by atoms with Gasteiger partial charge in [0.05, 0.1) is 5.69 Å². The molecule has 1 heterocycles. The minimum absolute atomic E-state index is 0.146. The normalized spacial score (nSPS) is 10.8. The van der Waals surface area contributed by atoms with Crippen LogP contribution in [0.4, 0.5) is 0 Å². The molecule has 0 atom stereocenters. The Bertz CT molecular complexity index is 1610. The Labute approximate surface area is 225 Å². The maximum absolute atomic E-state index is 12.9. The summed E-state index contributed by atoms with van der Waals surface area (Å²) in [5.74, 6) is -0.787.